The number of hydrogen-bond donors (Lipinski definition) is 10. The second kappa shape index (κ2) is 33.2. The SMILES string of the molecule is CC(C)OC(CNCCCNCCCCNCCCN)OC(COCC(=O)O)C(CNCCCNCCCCNCCCN)C(C)(C)O. The van der Waals surface area contributed by atoms with Crippen LogP contribution in [0.3, 0.4) is 0 Å². The van der Waals surface area contributed by atoms with E-state index in [0.29, 0.717) is 13.1 Å². The van der Waals surface area contributed by atoms with Gasteiger partial charge in [0.05, 0.1) is 24.4 Å². The molecule has 0 spiro atoms. The van der Waals surface area contributed by atoms with Crippen LogP contribution in [0.4, 0.5) is 0 Å². The summed E-state index contributed by atoms with van der Waals surface area (Å²) in [6, 6.07) is 0. The van der Waals surface area contributed by atoms with Crippen LogP contribution in [-0.2, 0) is 19.0 Å². The van der Waals surface area contributed by atoms with Crippen molar-refractivity contribution in [1.82, 2.24) is 31.9 Å². The molecule has 0 aromatic heterocycles. The van der Waals surface area contributed by atoms with E-state index in [0.717, 1.165) is 130 Å². The molecule has 0 aromatic carbocycles. The van der Waals surface area contributed by atoms with Gasteiger partial charge in [0.1, 0.15) is 6.61 Å². The van der Waals surface area contributed by atoms with Gasteiger partial charge in [-0.1, -0.05) is 0 Å². The van der Waals surface area contributed by atoms with E-state index in [9.17, 15) is 9.90 Å². The standard InChI is InChI=1S/C34H76N8O6/c1-29(2)47-33(26-42-24-12-22-40-18-8-6-16-38-20-10-14-36)48-31(27-46-28-32(43)44)30(34(3,4)45)25-41-23-11-21-39-17-7-5-15-37-19-9-13-35/h29-31,33,37-42,45H,5-28,35-36H2,1-4H3,(H,43,44). The van der Waals surface area contributed by atoms with E-state index in [4.69, 9.17) is 30.8 Å². The minimum atomic E-state index is -1.11. The molecular weight excluding hydrogens is 616 g/mol. The molecule has 0 rings (SSSR count). The monoisotopic (exact) mass is 693 g/mol. The first-order valence-corrected chi connectivity index (χ1v) is 18.6. The summed E-state index contributed by atoms with van der Waals surface area (Å²) < 4.78 is 18.0. The molecular formula is C34H76N8O6. The zero-order valence-electron chi connectivity index (χ0n) is 31.0. The van der Waals surface area contributed by atoms with Crippen LogP contribution in [-0.4, -0.2) is 145 Å². The number of nitrogens with two attached hydrogens (primary N) is 2. The third-order valence-electron chi connectivity index (χ3n) is 7.73. The number of ether oxygens (including phenoxy) is 3. The summed E-state index contributed by atoms with van der Waals surface area (Å²) in [6.07, 6.45) is 7.22. The van der Waals surface area contributed by atoms with Gasteiger partial charge in [0.25, 0.3) is 0 Å². The maximum absolute atomic E-state index is 11.2. The molecule has 0 saturated carbocycles. The Balaban J connectivity index is 4.72. The lowest BCUT2D eigenvalue weighted by molar-refractivity contribution is -0.219. The molecule has 0 aliphatic heterocycles. The van der Waals surface area contributed by atoms with Gasteiger partial charge in [0.2, 0.25) is 0 Å². The van der Waals surface area contributed by atoms with Gasteiger partial charge in [0.15, 0.2) is 6.29 Å². The molecule has 0 amide bonds. The predicted molar refractivity (Wildman–Crippen MR) is 195 cm³/mol. The molecule has 0 fully saturated rings. The molecule has 0 aliphatic carbocycles. The zero-order chi connectivity index (χ0) is 35.7. The molecule has 48 heavy (non-hydrogen) atoms. The van der Waals surface area contributed by atoms with Crippen LogP contribution in [0.5, 0.6) is 0 Å². The number of nitrogens with one attached hydrogen (secondary N) is 6. The number of carbonyl (C=O) groups is 1. The topological polar surface area (TPSA) is 209 Å². The highest BCUT2D eigenvalue weighted by atomic mass is 16.7. The first-order chi connectivity index (χ1) is 23.1. The van der Waals surface area contributed by atoms with Gasteiger partial charge in [-0.2, -0.15) is 0 Å². The van der Waals surface area contributed by atoms with Crippen LogP contribution >= 0.6 is 0 Å². The third-order valence-corrected chi connectivity index (χ3v) is 7.73. The fourth-order valence-corrected chi connectivity index (χ4v) is 5.08. The van der Waals surface area contributed by atoms with Gasteiger partial charge in [-0.25, -0.2) is 4.79 Å². The Morgan fingerprint density at radius 2 is 1.06 bits per heavy atom. The summed E-state index contributed by atoms with van der Waals surface area (Å²) in [5.74, 6) is -1.42. The van der Waals surface area contributed by atoms with Gasteiger partial charge in [-0.05, 0) is 158 Å². The molecule has 0 aliphatic rings. The second-order valence-electron chi connectivity index (χ2n) is 13.3. The molecule has 3 atom stereocenters. The summed E-state index contributed by atoms with van der Waals surface area (Å²) in [5, 5.41) is 41.0. The Hall–Kier alpha value is -1.01. The van der Waals surface area contributed by atoms with Crippen molar-refractivity contribution in [3.05, 3.63) is 0 Å². The quantitative estimate of drug-likeness (QED) is 0.0310. The predicted octanol–water partition coefficient (Wildman–Crippen LogP) is 0.187. The first-order valence-electron chi connectivity index (χ1n) is 18.6. The minimum Gasteiger partial charge on any atom is -0.480 e. The van der Waals surface area contributed by atoms with Crippen molar-refractivity contribution in [2.75, 3.05) is 105 Å². The van der Waals surface area contributed by atoms with Crippen LogP contribution in [0.15, 0.2) is 0 Å². The van der Waals surface area contributed by atoms with Gasteiger partial charge in [-0.3, -0.25) is 0 Å². The molecule has 14 heteroatoms. The molecule has 12 N–H and O–H groups in total. The number of aliphatic hydroxyl groups is 1. The molecule has 3 unspecified atom stereocenters. The lowest BCUT2D eigenvalue weighted by Gasteiger charge is -2.38. The van der Waals surface area contributed by atoms with Crippen molar-refractivity contribution >= 4 is 5.97 Å². The van der Waals surface area contributed by atoms with Gasteiger partial charge in [0, 0.05) is 19.0 Å². The number of rotatable bonds is 38. The van der Waals surface area contributed by atoms with Crippen LogP contribution in [0.25, 0.3) is 0 Å². The van der Waals surface area contributed by atoms with Crippen molar-refractivity contribution in [2.45, 2.75) is 103 Å². The lowest BCUT2D eigenvalue weighted by atomic mass is 9.86. The average Bonchev–Trinajstić information content (AvgIpc) is 3.02. The molecule has 288 valence electrons. The smallest absolute Gasteiger partial charge is 0.329 e. The summed E-state index contributed by atoms with van der Waals surface area (Å²) in [7, 11) is 0. The number of carboxylic acids is 1. The van der Waals surface area contributed by atoms with Crippen molar-refractivity contribution in [3.8, 4) is 0 Å². The van der Waals surface area contributed by atoms with Gasteiger partial charge < -0.3 is 67.8 Å². The normalized spacial score (nSPS) is 14.1. The van der Waals surface area contributed by atoms with Crippen molar-refractivity contribution in [1.29, 1.82) is 0 Å². The maximum Gasteiger partial charge on any atom is 0.329 e. The molecule has 0 heterocycles. The molecule has 0 aromatic rings. The van der Waals surface area contributed by atoms with Crippen LogP contribution in [0.1, 0.15) is 79.1 Å². The van der Waals surface area contributed by atoms with Crippen LogP contribution < -0.4 is 43.4 Å². The molecule has 0 radical (unpaired) electrons. The van der Waals surface area contributed by atoms with Crippen molar-refractivity contribution in [2.24, 2.45) is 17.4 Å². The average molecular weight is 693 g/mol. The van der Waals surface area contributed by atoms with E-state index in [1.54, 1.807) is 13.8 Å². The number of hydrogen-bond acceptors (Lipinski definition) is 13. The Kier molecular flexibility index (Phi) is 32.5. The van der Waals surface area contributed by atoms with Crippen LogP contribution in [0.2, 0.25) is 0 Å². The third kappa shape index (κ3) is 31.0. The van der Waals surface area contributed by atoms with E-state index < -0.39 is 30.6 Å². The Morgan fingerprint density at radius 3 is 1.48 bits per heavy atom. The maximum atomic E-state index is 11.2. The Bertz CT molecular complexity index is 705. The summed E-state index contributed by atoms with van der Waals surface area (Å²) in [4.78, 5) is 11.2. The highest BCUT2D eigenvalue weighted by Gasteiger charge is 2.36. The molecule has 0 saturated heterocycles. The Morgan fingerprint density at radius 1 is 0.646 bits per heavy atom. The second-order valence-corrected chi connectivity index (χ2v) is 13.3. The highest BCUT2D eigenvalue weighted by molar-refractivity contribution is 5.67. The number of aliphatic carboxylic acids is 1. The Labute approximate surface area is 292 Å². The van der Waals surface area contributed by atoms with E-state index in [-0.39, 0.29) is 18.6 Å². The van der Waals surface area contributed by atoms with Gasteiger partial charge >= 0.3 is 5.97 Å². The lowest BCUT2D eigenvalue weighted by Crippen LogP contribution is -2.51. The fourth-order valence-electron chi connectivity index (χ4n) is 5.08. The first kappa shape index (κ1) is 47.0. The minimum absolute atomic E-state index is 0.0235. The van der Waals surface area contributed by atoms with E-state index >= 15 is 0 Å². The number of unbranched alkanes of at least 4 members (excludes halogenated alkanes) is 2. The highest BCUT2D eigenvalue weighted by Crippen LogP contribution is 2.24. The molecule has 14 nitrogen and oxygen atoms in total. The van der Waals surface area contributed by atoms with E-state index in [2.05, 4.69) is 31.9 Å². The van der Waals surface area contributed by atoms with E-state index in [1.165, 1.54) is 0 Å². The zero-order valence-corrected chi connectivity index (χ0v) is 31.0. The van der Waals surface area contributed by atoms with Crippen molar-refractivity contribution in [3.63, 3.8) is 0 Å². The number of carboxylic acid groups (broad SMARTS) is 1. The van der Waals surface area contributed by atoms with Crippen molar-refractivity contribution < 1.29 is 29.2 Å². The molecule has 0 bridgehead atoms. The summed E-state index contributed by atoms with van der Waals surface area (Å²) in [5.41, 5.74) is 9.92. The largest absolute Gasteiger partial charge is 0.480 e. The fraction of sp³-hybridized carbons (Fsp3) is 0.971. The summed E-state index contributed by atoms with van der Waals surface area (Å²) >= 11 is 0. The van der Waals surface area contributed by atoms with Crippen LogP contribution in [0, 0.1) is 5.92 Å². The summed E-state index contributed by atoms with van der Waals surface area (Å²) in [6.45, 7) is 18.8. The van der Waals surface area contributed by atoms with E-state index in [1.807, 2.05) is 13.8 Å². The van der Waals surface area contributed by atoms with Gasteiger partial charge in [-0.15, -0.1) is 0 Å².